The highest BCUT2D eigenvalue weighted by molar-refractivity contribution is 5.32. The van der Waals surface area contributed by atoms with Crippen molar-refractivity contribution in [3.63, 3.8) is 0 Å². The highest BCUT2D eigenvalue weighted by Crippen LogP contribution is 2.75. The number of ether oxygens (including phenoxy) is 12. The number of hydrogen-bond acceptors (Lipinski definition) is 31. The molecular formula is C66H112O31. The molecule has 6 aliphatic heterocycles. The molecule has 0 amide bonds. The standard InChI is InChI=1S/C66H112O31/c1-27(9-13-42(63(4,5)85)95-61-56(96-43-18-28(71)17-29(21-67)88-43)50(80)47(77)37(92-61)25-86-58-52(82)48(78)45(75)35(23-69)90-58)31-15-16-64(6)39-12-10-32-33(66(39,8)40(73)20-65(31,64)7)11-14-41(62(32,2)3)94-59-54(84)51(81)55(97-60-53(83)49(79)46(76)36(24-70)91-60)38(93-59)26-87-57-44(74)34(72)19-30(22-68)89-57/h10,27-31,33-61,67-85H,9,11-26H2,1-8H3/t27-,28+,29+,30+,31-,33-,34+,35-,36-,37-,38-,39+,40-,41+,42-,43+,44-,45-,46-,47-,48+,49+,50+,51-,52-,53-,54-,55-,56-,57-,58-,59+,60-,61+,64+,65-,66+/m1/s1. The third-order valence-electron chi connectivity index (χ3n) is 24.6. The van der Waals surface area contributed by atoms with E-state index in [4.69, 9.17) is 56.8 Å². The van der Waals surface area contributed by atoms with Gasteiger partial charge in [-0.1, -0.05) is 53.2 Å². The van der Waals surface area contributed by atoms with Gasteiger partial charge >= 0.3 is 0 Å². The van der Waals surface area contributed by atoms with Crippen LogP contribution in [0, 0.1) is 45.3 Å². The Kier molecular flexibility index (Phi) is 24.9. The van der Waals surface area contributed by atoms with Crippen LogP contribution in [0.3, 0.4) is 0 Å². The maximum Gasteiger partial charge on any atom is 0.187 e. The molecule has 0 aromatic carbocycles. The van der Waals surface area contributed by atoms with Crippen LogP contribution in [0.4, 0.5) is 0 Å². The lowest BCUT2D eigenvalue weighted by atomic mass is 9.38. The zero-order valence-corrected chi connectivity index (χ0v) is 56.6. The average Bonchev–Trinajstić information content (AvgIpc) is 1.62. The molecule has 97 heavy (non-hydrogen) atoms. The smallest absolute Gasteiger partial charge is 0.187 e. The third kappa shape index (κ3) is 15.1. The molecule has 4 aliphatic carbocycles. The van der Waals surface area contributed by atoms with E-state index in [1.807, 2.05) is 13.8 Å². The Morgan fingerprint density at radius 1 is 0.526 bits per heavy atom. The van der Waals surface area contributed by atoms with Gasteiger partial charge in [0.25, 0.3) is 0 Å². The molecular weight excluding hydrogens is 1290 g/mol. The molecule has 562 valence electrons. The molecule has 31 heteroatoms. The summed E-state index contributed by atoms with van der Waals surface area (Å²) >= 11 is 0. The number of rotatable bonds is 23. The molecule has 19 N–H and O–H groups in total. The zero-order chi connectivity index (χ0) is 70.9. The molecule has 6 saturated heterocycles. The third-order valence-corrected chi connectivity index (χ3v) is 24.6. The zero-order valence-electron chi connectivity index (χ0n) is 56.6. The second-order valence-corrected chi connectivity index (χ2v) is 31.2. The first kappa shape index (κ1) is 78.1. The van der Waals surface area contributed by atoms with Crippen LogP contribution in [0.2, 0.25) is 0 Å². The van der Waals surface area contributed by atoms with Gasteiger partial charge in [-0.25, -0.2) is 0 Å². The van der Waals surface area contributed by atoms with Crippen LogP contribution in [0.15, 0.2) is 11.6 Å². The normalized spacial score (nSPS) is 51.0. The summed E-state index contributed by atoms with van der Waals surface area (Å²) < 4.78 is 72.8. The molecule has 3 saturated carbocycles. The van der Waals surface area contributed by atoms with Crippen molar-refractivity contribution >= 4 is 0 Å². The van der Waals surface area contributed by atoms with Crippen molar-refractivity contribution in [1.29, 1.82) is 0 Å². The van der Waals surface area contributed by atoms with Crippen molar-refractivity contribution in [2.45, 2.75) is 316 Å². The van der Waals surface area contributed by atoms with E-state index in [0.717, 1.165) is 18.4 Å². The number of fused-ring (bicyclic) bond motifs is 5. The molecule has 37 atom stereocenters. The Balaban J connectivity index is 0.829. The van der Waals surface area contributed by atoms with Gasteiger partial charge in [0.05, 0.1) is 88.0 Å². The lowest BCUT2D eigenvalue weighted by Crippen LogP contribution is -2.66. The van der Waals surface area contributed by atoms with Crippen molar-refractivity contribution in [3.05, 3.63) is 11.6 Å². The fourth-order valence-corrected chi connectivity index (χ4v) is 18.4. The largest absolute Gasteiger partial charge is 0.394 e. The second kappa shape index (κ2) is 30.9. The van der Waals surface area contributed by atoms with Crippen molar-refractivity contribution in [1.82, 2.24) is 0 Å². The van der Waals surface area contributed by atoms with Crippen LogP contribution in [0.5, 0.6) is 0 Å². The predicted octanol–water partition coefficient (Wildman–Crippen LogP) is -4.50. The van der Waals surface area contributed by atoms with Gasteiger partial charge in [0.2, 0.25) is 0 Å². The van der Waals surface area contributed by atoms with Gasteiger partial charge in [-0.15, -0.1) is 0 Å². The van der Waals surface area contributed by atoms with E-state index in [-0.39, 0.29) is 60.2 Å². The molecule has 31 nitrogen and oxygen atoms in total. The molecule has 10 rings (SSSR count). The molecule has 0 unspecified atom stereocenters. The molecule has 0 spiro atoms. The topological polar surface area (TPSA) is 495 Å². The number of allylic oxidation sites excluding steroid dienone is 1. The van der Waals surface area contributed by atoms with E-state index in [2.05, 4.69) is 33.8 Å². The van der Waals surface area contributed by atoms with E-state index in [1.165, 1.54) is 0 Å². The van der Waals surface area contributed by atoms with Crippen LogP contribution < -0.4 is 0 Å². The Morgan fingerprint density at radius 3 is 1.70 bits per heavy atom. The monoisotopic (exact) mass is 1400 g/mol. The van der Waals surface area contributed by atoms with Gasteiger partial charge < -0.3 is 154 Å². The molecule has 6 heterocycles. The summed E-state index contributed by atoms with van der Waals surface area (Å²) in [6.45, 7) is 12.6. The molecule has 0 bridgehead atoms. The van der Waals surface area contributed by atoms with Crippen LogP contribution in [-0.2, 0) is 56.8 Å². The summed E-state index contributed by atoms with van der Waals surface area (Å²) in [6.07, 6.45) is -37.1. The van der Waals surface area contributed by atoms with Crippen molar-refractivity contribution in [2.75, 3.05) is 39.6 Å². The SMILES string of the molecule is C[C@H](CC[C@@H](O[C@@H]1O[C@H](CO[C@@H]2O[C@H](CO)[C@@H](O)[C@H](O)[C@H]2O)[C@@H](O)[C@H](O)[C@H]1O[C@H]1C[C@@H](O)C[C@@H](CO)O1)C(C)(C)O)[C@H]1CC[C@@]2(C)[C@@H]3CC=C4[C@@H](CC[C@H](O[C@@H]5O[C@H](CO[C@@H]6O[C@H](CO)C[C@H](O)[C@H]6O)[C@@H](O[C@H]6O[C@H](CO)[C@@H](O)[C@H](O)[C@H]6O)[C@H](O)[C@H]5O)C4(C)C)[C@]3(C)[C@H](O)C[C@]12C. The fourth-order valence-electron chi connectivity index (χ4n) is 18.4. The molecule has 9 fully saturated rings. The van der Waals surface area contributed by atoms with Crippen molar-refractivity contribution in [2.24, 2.45) is 45.3 Å². The quantitative estimate of drug-likeness (QED) is 0.0429. The first-order valence-electron chi connectivity index (χ1n) is 34.7. The lowest BCUT2D eigenvalue weighted by molar-refractivity contribution is -0.371. The molecule has 0 radical (unpaired) electrons. The first-order chi connectivity index (χ1) is 45.6. The van der Waals surface area contributed by atoms with Crippen LogP contribution in [0.1, 0.15) is 126 Å². The van der Waals surface area contributed by atoms with Crippen molar-refractivity contribution in [3.8, 4) is 0 Å². The maximum absolute atomic E-state index is 13.0. The van der Waals surface area contributed by atoms with E-state index < -0.39 is 240 Å². The average molecular weight is 1400 g/mol. The van der Waals surface area contributed by atoms with Gasteiger partial charge in [-0.2, -0.15) is 0 Å². The minimum absolute atomic E-state index is 0.00711. The highest BCUT2D eigenvalue weighted by atomic mass is 16.8. The van der Waals surface area contributed by atoms with Crippen molar-refractivity contribution < 1.29 is 154 Å². The van der Waals surface area contributed by atoms with Gasteiger partial charge in [0.15, 0.2) is 37.7 Å². The molecule has 10 aliphatic rings. The number of aliphatic hydroxyl groups is 19. The summed E-state index contributed by atoms with van der Waals surface area (Å²) in [5.74, 6) is -0.0200. The first-order valence-corrected chi connectivity index (χ1v) is 34.7. The van der Waals surface area contributed by atoms with E-state index >= 15 is 0 Å². The number of hydrogen-bond donors (Lipinski definition) is 19. The highest BCUT2D eigenvalue weighted by Gasteiger charge is 2.71. The second-order valence-electron chi connectivity index (χ2n) is 31.2. The predicted molar refractivity (Wildman–Crippen MR) is 329 cm³/mol. The van der Waals surface area contributed by atoms with E-state index in [1.54, 1.807) is 13.8 Å². The number of aliphatic hydroxyl groups excluding tert-OH is 18. The summed E-state index contributed by atoms with van der Waals surface area (Å²) in [7, 11) is 0. The van der Waals surface area contributed by atoms with Gasteiger partial charge in [0.1, 0.15) is 104 Å². The van der Waals surface area contributed by atoms with Crippen LogP contribution in [0.25, 0.3) is 0 Å². The Hall–Kier alpha value is -1.50. The Labute approximate surface area is 564 Å². The summed E-state index contributed by atoms with van der Waals surface area (Å²) in [5, 5.41) is 207. The maximum atomic E-state index is 13.0. The summed E-state index contributed by atoms with van der Waals surface area (Å²) in [6, 6.07) is 0. The minimum atomic E-state index is -1.91. The Bertz CT molecular complexity index is 2570. The van der Waals surface area contributed by atoms with Gasteiger partial charge in [-0.05, 0) is 99.7 Å². The summed E-state index contributed by atoms with van der Waals surface area (Å²) in [5.41, 5.74) is -2.54. The lowest BCUT2D eigenvalue weighted by Gasteiger charge is -2.67. The minimum Gasteiger partial charge on any atom is -0.394 e. The van der Waals surface area contributed by atoms with Crippen LogP contribution in [-0.4, -0.2) is 327 Å². The fraction of sp³-hybridized carbons (Fsp3) is 0.970. The van der Waals surface area contributed by atoms with Gasteiger partial charge in [-0.3, -0.25) is 0 Å². The summed E-state index contributed by atoms with van der Waals surface area (Å²) in [4.78, 5) is 0. The molecule has 0 aromatic heterocycles. The molecule has 0 aromatic rings. The van der Waals surface area contributed by atoms with E-state index in [9.17, 15) is 97.0 Å². The van der Waals surface area contributed by atoms with Crippen LogP contribution >= 0.6 is 0 Å². The Morgan fingerprint density at radius 2 is 1.07 bits per heavy atom. The van der Waals surface area contributed by atoms with Gasteiger partial charge in [0, 0.05) is 30.1 Å². The van der Waals surface area contributed by atoms with E-state index in [0.29, 0.717) is 32.1 Å².